The fourth-order valence-electron chi connectivity index (χ4n) is 2.78. The van der Waals surface area contributed by atoms with Crippen LogP contribution in [0.3, 0.4) is 0 Å². The van der Waals surface area contributed by atoms with Crippen LogP contribution in [-0.2, 0) is 4.79 Å². The molecule has 0 spiro atoms. The number of carbonyl (C=O) groups excluding carboxylic acids is 1. The topological polar surface area (TPSA) is 20.3 Å². The summed E-state index contributed by atoms with van der Waals surface area (Å²) in [6.07, 6.45) is 3.92. The van der Waals surface area contributed by atoms with E-state index in [1.165, 1.54) is 49.7 Å². The van der Waals surface area contributed by atoms with Crippen molar-refractivity contribution in [3.05, 3.63) is 35.9 Å². The fourth-order valence-corrected chi connectivity index (χ4v) is 3.80. The lowest BCUT2D eigenvalue weighted by atomic mass is 10.0. The number of nitrogens with zero attached hydrogens (tertiary/aromatic N) is 1. The Morgan fingerprint density at radius 1 is 1.16 bits per heavy atom. The molecular formula is C16H23NOS. The molecule has 3 heteroatoms. The molecule has 0 saturated carbocycles. The van der Waals surface area contributed by atoms with Crippen LogP contribution in [0.1, 0.15) is 43.9 Å². The largest absolute Gasteiger partial charge is 0.299 e. The van der Waals surface area contributed by atoms with E-state index in [2.05, 4.69) is 36.1 Å². The molecule has 2 atom stereocenters. The van der Waals surface area contributed by atoms with E-state index in [1.54, 1.807) is 6.92 Å². The van der Waals surface area contributed by atoms with E-state index in [0.717, 1.165) is 0 Å². The maximum absolute atomic E-state index is 11.6. The Morgan fingerprint density at radius 3 is 2.37 bits per heavy atom. The molecule has 1 aliphatic heterocycles. The van der Waals surface area contributed by atoms with Gasteiger partial charge >= 0.3 is 0 Å². The first-order chi connectivity index (χ1) is 9.18. The first-order valence-electron chi connectivity index (χ1n) is 7.14. The van der Waals surface area contributed by atoms with E-state index in [-0.39, 0.29) is 10.4 Å². The van der Waals surface area contributed by atoms with Gasteiger partial charge in [0.1, 0.15) is 0 Å². The highest BCUT2D eigenvalue weighted by Gasteiger charge is 2.27. The van der Waals surface area contributed by atoms with Crippen molar-refractivity contribution in [2.24, 2.45) is 0 Å². The number of benzene rings is 1. The fraction of sp³-hybridized carbons (Fsp3) is 0.562. The predicted molar refractivity (Wildman–Crippen MR) is 82.3 cm³/mol. The molecule has 0 amide bonds. The summed E-state index contributed by atoms with van der Waals surface area (Å²) >= 11 is 1.47. The van der Waals surface area contributed by atoms with Crippen LogP contribution < -0.4 is 0 Å². The van der Waals surface area contributed by atoms with E-state index < -0.39 is 0 Å². The summed E-state index contributed by atoms with van der Waals surface area (Å²) in [5.41, 5.74) is 1.26. The first kappa shape index (κ1) is 14.6. The van der Waals surface area contributed by atoms with E-state index in [9.17, 15) is 4.79 Å². The van der Waals surface area contributed by atoms with Crippen molar-refractivity contribution in [1.29, 1.82) is 0 Å². The maximum atomic E-state index is 11.6. The Balaban J connectivity index is 2.14. The summed E-state index contributed by atoms with van der Waals surface area (Å²) in [6.45, 7) is 6.27. The van der Waals surface area contributed by atoms with Crippen molar-refractivity contribution in [3.63, 3.8) is 0 Å². The lowest BCUT2D eigenvalue weighted by Gasteiger charge is -2.36. The van der Waals surface area contributed by atoms with Crippen molar-refractivity contribution in [3.8, 4) is 0 Å². The molecule has 0 radical (unpaired) electrons. The zero-order valence-electron chi connectivity index (χ0n) is 11.8. The quantitative estimate of drug-likeness (QED) is 0.833. The normalized spacial score (nSPS) is 19.9. The highest BCUT2D eigenvalue weighted by molar-refractivity contribution is 8.13. The van der Waals surface area contributed by atoms with E-state index in [1.807, 2.05) is 6.07 Å². The number of likely N-dealkylation sites (tertiary alicyclic amines) is 1. The molecular weight excluding hydrogens is 254 g/mol. The lowest BCUT2D eigenvalue weighted by molar-refractivity contribution is -0.109. The number of hydrogen-bond acceptors (Lipinski definition) is 3. The standard InChI is InChI=1S/C16H23NOS/c1-13(17-11-7-4-8-12-17)16(19-14(2)18)15-9-5-3-6-10-15/h3,5-6,9-10,13,16H,4,7-8,11-12H2,1-2H3/t13-,16-/m1/s1. The smallest absolute Gasteiger partial charge is 0.186 e. The molecule has 0 aliphatic carbocycles. The molecule has 1 aromatic carbocycles. The molecule has 1 aromatic rings. The van der Waals surface area contributed by atoms with Gasteiger partial charge < -0.3 is 0 Å². The highest BCUT2D eigenvalue weighted by Crippen LogP contribution is 2.35. The Morgan fingerprint density at radius 2 is 1.79 bits per heavy atom. The summed E-state index contributed by atoms with van der Waals surface area (Å²) in [6, 6.07) is 10.8. The van der Waals surface area contributed by atoms with E-state index >= 15 is 0 Å². The Bertz CT molecular complexity index is 400. The molecule has 1 heterocycles. The van der Waals surface area contributed by atoms with Crippen molar-refractivity contribution >= 4 is 16.9 Å². The van der Waals surface area contributed by atoms with Crippen LogP contribution in [0, 0.1) is 0 Å². The van der Waals surface area contributed by atoms with Crippen LogP contribution in [0.25, 0.3) is 0 Å². The number of hydrogen-bond donors (Lipinski definition) is 0. The van der Waals surface area contributed by atoms with Crippen LogP contribution >= 0.6 is 11.8 Å². The molecule has 0 bridgehead atoms. The molecule has 0 aromatic heterocycles. The summed E-state index contributed by atoms with van der Waals surface area (Å²) in [5.74, 6) is 0. The Labute approximate surface area is 120 Å². The van der Waals surface area contributed by atoms with Gasteiger partial charge in [0, 0.05) is 13.0 Å². The van der Waals surface area contributed by atoms with Crippen molar-refractivity contribution < 1.29 is 4.79 Å². The maximum Gasteiger partial charge on any atom is 0.186 e. The first-order valence-corrected chi connectivity index (χ1v) is 8.02. The summed E-state index contributed by atoms with van der Waals surface area (Å²) in [5, 5.41) is 0.453. The second kappa shape index (κ2) is 7.11. The van der Waals surface area contributed by atoms with Crippen LogP contribution in [0.2, 0.25) is 0 Å². The van der Waals surface area contributed by atoms with Gasteiger partial charge in [0.25, 0.3) is 0 Å². The van der Waals surface area contributed by atoms with Gasteiger partial charge in [0.15, 0.2) is 5.12 Å². The Hall–Kier alpha value is -0.800. The Kier molecular flexibility index (Phi) is 5.46. The monoisotopic (exact) mass is 277 g/mol. The minimum absolute atomic E-state index is 0.206. The molecule has 0 N–H and O–H groups in total. The van der Waals surface area contributed by atoms with Gasteiger partial charge in [-0.3, -0.25) is 9.69 Å². The van der Waals surface area contributed by atoms with Gasteiger partial charge in [0.2, 0.25) is 0 Å². The van der Waals surface area contributed by atoms with Gasteiger partial charge in [-0.2, -0.15) is 0 Å². The number of thioether (sulfide) groups is 1. The third kappa shape index (κ3) is 4.08. The number of rotatable bonds is 4. The zero-order chi connectivity index (χ0) is 13.7. The second-order valence-electron chi connectivity index (χ2n) is 5.28. The van der Waals surface area contributed by atoms with Gasteiger partial charge in [-0.05, 0) is 38.4 Å². The number of piperidine rings is 1. The third-order valence-electron chi connectivity index (χ3n) is 3.83. The van der Waals surface area contributed by atoms with Gasteiger partial charge in [-0.1, -0.05) is 48.5 Å². The van der Waals surface area contributed by atoms with Crippen LogP contribution in [-0.4, -0.2) is 29.1 Å². The molecule has 1 aliphatic rings. The van der Waals surface area contributed by atoms with Crippen LogP contribution in [0.15, 0.2) is 30.3 Å². The molecule has 19 heavy (non-hydrogen) atoms. The van der Waals surface area contributed by atoms with Crippen LogP contribution in [0.4, 0.5) is 0 Å². The van der Waals surface area contributed by atoms with Gasteiger partial charge in [-0.25, -0.2) is 0 Å². The third-order valence-corrected chi connectivity index (χ3v) is 5.08. The summed E-state index contributed by atoms with van der Waals surface area (Å²) < 4.78 is 0. The highest BCUT2D eigenvalue weighted by atomic mass is 32.2. The van der Waals surface area contributed by atoms with Crippen molar-refractivity contribution in [2.45, 2.75) is 44.4 Å². The molecule has 104 valence electrons. The molecule has 0 unspecified atom stereocenters. The van der Waals surface area contributed by atoms with Crippen molar-refractivity contribution in [2.75, 3.05) is 13.1 Å². The summed E-state index contributed by atoms with van der Waals surface area (Å²) in [4.78, 5) is 14.1. The molecule has 1 saturated heterocycles. The average Bonchev–Trinajstić information content (AvgIpc) is 2.46. The van der Waals surface area contributed by atoms with Crippen LogP contribution in [0.5, 0.6) is 0 Å². The van der Waals surface area contributed by atoms with Gasteiger partial charge in [0.05, 0.1) is 5.25 Å². The minimum atomic E-state index is 0.206. The van der Waals surface area contributed by atoms with E-state index in [0.29, 0.717) is 6.04 Å². The summed E-state index contributed by atoms with van der Waals surface area (Å²) in [7, 11) is 0. The predicted octanol–water partition coefficient (Wildman–Crippen LogP) is 3.88. The average molecular weight is 277 g/mol. The minimum Gasteiger partial charge on any atom is -0.299 e. The molecule has 2 rings (SSSR count). The van der Waals surface area contributed by atoms with E-state index in [4.69, 9.17) is 0 Å². The molecule has 2 nitrogen and oxygen atoms in total. The number of carbonyl (C=O) groups is 1. The SMILES string of the molecule is CC(=O)S[C@@H](c1ccccc1)[C@@H](C)N1CCCCC1. The molecule has 1 fully saturated rings. The lowest BCUT2D eigenvalue weighted by Crippen LogP contribution is -2.40. The van der Waals surface area contributed by atoms with Crippen molar-refractivity contribution in [1.82, 2.24) is 4.90 Å². The zero-order valence-corrected chi connectivity index (χ0v) is 12.7. The second-order valence-corrected chi connectivity index (χ2v) is 6.60. The van der Waals surface area contributed by atoms with Gasteiger partial charge in [-0.15, -0.1) is 0 Å².